The smallest absolute Gasteiger partial charge is 0.0346 e. The van der Waals surface area contributed by atoms with Gasteiger partial charge in [0.05, 0.1) is 0 Å². The van der Waals surface area contributed by atoms with E-state index in [0.717, 1.165) is 11.1 Å². The van der Waals surface area contributed by atoms with Gasteiger partial charge in [0.2, 0.25) is 0 Å². The molecule has 0 radical (unpaired) electrons. The molecule has 0 aliphatic heterocycles. The SMILES string of the molecule is Cl.Cl.Cl.c1cncc(-c2ccncc2)c1. The van der Waals surface area contributed by atoms with Crippen LogP contribution in [0.1, 0.15) is 0 Å². The number of hydrogen-bond acceptors (Lipinski definition) is 2. The zero-order valence-electron chi connectivity index (χ0n) is 7.74. The van der Waals surface area contributed by atoms with Crippen molar-refractivity contribution < 1.29 is 0 Å². The van der Waals surface area contributed by atoms with E-state index in [4.69, 9.17) is 0 Å². The van der Waals surface area contributed by atoms with Crippen LogP contribution in [0.15, 0.2) is 49.1 Å². The Kier molecular flexibility index (Phi) is 9.38. The molecule has 0 aliphatic rings. The van der Waals surface area contributed by atoms with Crippen LogP contribution < -0.4 is 0 Å². The number of nitrogens with zero attached hydrogens (tertiary/aromatic N) is 2. The fourth-order valence-electron chi connectivity index (χ4n) is 1.08. The van der Waals surface area contributed by atoms with Gasteiger partial charge < -0.3 is 0 Å². The van der Waals surface area contributed by atoms with Gasteiger partial charge in [0.25, 0.3) is 0 Å². The van der Waals surface area contributed by atoms with E-state index in [9.17, 15) is 0 Å². The lowest BCUT2D eigenvalue weighted by Gasteiger charge is -1.97. The summed E-state index contributed by atoms with van der Waals surface area (Å²) in [5, 5.41) is 0. The summed E-state index contributed by atoms with van der Waals surface area (Å²) in [7, 11) is 0. The van der Waals surface area contributed by atoms with Gasteiger partial charge >= 0.3 is 0 Å². The Labute approximate surface area is 107 Å². The van der Waals surface area contributed by atoms with Gasteiger partial charge in [0.1, 0.15) is 0 Å². The molecule has 2 aromatic rings. The van der Waals surface area contributed by atoms with Crippen LogP contribution in [0, 0.1) is 0 Å². The highest BCUT2D eigenvalue weighted by Crippen LogP contribution is 2.15. The molecular weight excluding hydrogens is 254 g/mol. The third-order valence-corrected chi connectivity index (χ3v) is 1.68. The number of halogens is 3. The molecule has 2 nitrogen and oxygen atoms in total. The van der Waals surface area contributed by atoms with Crippen molar-refractivity contribution in [2.45, 2.75) is 0 Å². The molecule has 0 saturated carbocycles. The average Bonchev–Trinajstić information content (AvgIpc) is 2.21. The Morgan fingerprint density at radius 1 is 0.667 bits per heavy atom. The topological polar surface area (TPSA) is 25.8 Å². The van der Waals surface area contributed by atoms with Crippen LogP contribution in [0.5, 0.6) is 0 Å². The highest BCUT2D eigenvalue weighted by Gasteiger charge is 1.93. The van der Waals surface area contributed by atoms with E-state index < -0.39 is 0 Å². The predicted octanol–water partition coefficient (Wildman–Crippen LogP) is 3.41. The first-order valence-corrected chi connectivity index (χ1v) is 3.77. The summed E-state index contributed by atoms with van der Waals surface area (Å²) in [5.41, 5.74) is 2.28. The summed E-state index contributed by atoms with van der Waals surface area (Å²) in [6.07, 6.45) is 7.17. The molecule has 2 heterocycles. The van der Waals surface area contributed by atoms with E-state index in [1.54, 1.807) is 18.6 Å². The standard InChI is InChI=1S/C10H8N2.3ClH/c1-2-10(8-12-5-1)9-3-6-11-7-4-9;;;/h1-8H;3*1H. The maximum Gasteiger partial charge on any atom is 0.0346 e. The van der Waals surface area contributed by atoms with E-state index in [2.05, 4.69) is 9.97 Å². The van der Waals surface area contributed by atoms with Gasteiger partial charge in [0.15, 0.2) is 0 Å². The Morgan fingerprint density at radius 3 is 1.87 bits per heavy atom. The fraction of sp³-hybridized carbons (Fsp3) is 0. The van der Waals surface area contributed by atoms with E-state index in [0.29, 0.717) is 0 Å². The molecule has 0 aromatic carbocycles. The molecule has 0 bridgehead atoms. The largest absolute Gasteiger partial charge is 0.265 e. The minimum Gasteiger partial charge on any atom is -0.265 e. The number of pyridine rings is 2. The van der Waals surface area contributed by atoms with E-state index >= 15 is 0 Å². The summed E-state index contributed by atoms with van der Waals surface area (Å²) in [5.74, 6) is 0. The van der Waals surface area contributed by atoms with Gasteiger partial charge in [-0.1, -0.05) is 6.07 Å². The molecule has 0 fully saturated rings. The molecule has 2 rings (SSSR count). The summed E-state index contributed by atoms with van der Waals surface area (Å²) >= 11 is 0. The molecule has 0 unspecified atom stereocenters. The molecule has 0 atom stereocenters. The molecule has 0 amide bonds. The Balaban J connectivity index is 0. The van der Waals surface area contributed by atoms with Gasteiger partial charge in [-0.05, 0) is 23.8 Å². The minimum absolute atomic E-state index is 0. The summed E-state index contributed by atoms with van der Waals surface area (Å²) in [6.45, 7) is 0. The third-order valence-electron chi connectivity index (χ3n) is 1.68. The number of hydrogen-bond donors (Lipinski definition) is 0. The number of rotatable bonds is 1. The molecule has 15 heavy (non-hydrogen) atoms. The van der Waals surface area contributed by atoms with Gasteiger partial charge in [-0.2, -0.15) is 0 Å². The van der Waals surface area contributed by atoms with Crippen LogP contribution in [0.4, 0.5) is 0 Å². The molecule has 82 valence electrons. The zero-order valence-corrected chi connectivity index (χ0v) is 10.2. The van der Waals surface area contributed by atoms with Crippen LogP contribution in [0.3, 0.4) is 0 Å². The van der Waals surface area contributed by atoms with Crippen molar-refractivity contribution in [3.8, 4) is 11.1 Å². The fourth-order valence-corrected chi connectivity index (χ4v) is 1.08. The Bertz CT molecular complexity index is 316. The second-order valence-corrected chi connectivity index (χ2v) is 2.48. The van der Waals surface area contributed by atoms with Gasteiger partial charge in [-0.15, -0.1) is 37.2 Å². The van der Waals surface area contributed by atoms with Crippen molar-refractivity contribution in [1.82, 2.24) is 9.97 Å². The van der Waals surface area contributed by atoms with Gasteiger partial charge in [-0.25, -0.2) is 0 Å². The second kappa shape index (κ2) is 8.48. The lowest BCUT2D eigenvalue weighted by molar-refractivity contribution is 1.30. The van der Waals surface area contributed by atoms with Gasteiger partial charge in [-0.3, -0.25) is 9.97 Å². The lowest BCUT2D eigenvalue weighted by Crippen LogP contribution is -1.78. The van der Waals surface area contributed by atoms with Crippen molar-refractivity contribution in [2.75, 3.05) is 0 Å². The maximum atomic E-state index is 4.04. The molecule has 2 aromatic heterocycles. The average molecular weight is 266 g/mol. The number of aromatic nitrogens is 2. The first-order valence-electron chi connectivity index (χ1n) is 3.77. The highest BCUT2D eigenvalue weighted by atomic mass is 35.5. The summed E-state index contributed by atoms with van der Waals surface area (Å²) in [6, 6.07) is 7.89. The van der Waals surface area contributed by atoms with Crippen molar-refractivity contribution in [3.05, 3.63) is 49.1 Å². The third kappa shape index (κ3) is 4.47. The maximum absolute atomic E-state index is 4.04. The van der Waals surface area contributed by atoms with E-state index in [1.807, 2.05) is 30.5 Å². The molecular formula is C10H11Cl3N2. The summed E-state index contributed by atoms with van der Waals surface area (Å²) < 4.78 is 0. The normalized spacial score (nSPS) is 7.73. The predicted molar refractivity (Wildman–Crippen MR) is 69.2 cm³/mol. The van der Waals surface area contributed by atoms with Crippen LogP contribution in [0.25, 0.3) is 11.1 Å². The quantitative estimate of drug-likeness (QED) is 0.790. The molecule has 5 heteroatoms. The van der Waals surface area contributed by atoms with Gasteiger partial charge in [0, 0.05) is 30.4 Å². The van der Waals surface area contributed by atoms with Crippen LogP contribution in [-0.4, -0.2) is 9.97 Å². The molecule has 0 N–H and O–H groups in total. The van der Waals surface area contributed by atoms with Crippen LogP contribution in [0.2, 0.25) is 0 Å². The molecule has 0 spiro atoms. The Morgan fingerprint density at radius 2 is 1.33 bits per heavy atom. The summed E-state index contributed by atoms with van der Waals surface area (Å²) in [4.78, 5) is 7.99. The van der Waals surface area contributed by atoms with Crippen molar-refractivity contribution in [1.29, 1.82) is 0 Å². The molecule has 0 saturated heterocycles. The van der Waals surface area contributed by atoms with Crippen molar-refractivity contribution >= 4 is 37.2 Å². The van der Waals surface area contributed by atoms with E-state index in [1.165, 1.54) is 0 Å². The first kappa shape index (κ1) is 16.6. The Hall–Kier alpha value is -0.830. The first-order chi connectivity index (χ1) is 5.97. The van der Waals surface area contributed by atoms with Crippen LogP contribution in [-0.2, 0) is 0 Å². The molecule has 0 aliphatic carbocycles. The minimum atomic E-state index is 0. The highest BCUT2D eigenvalue weighted by molar-refractivity contribution is 5.86. The van der Waals surface area contributed by atoms with Crippen molar-refractivity contribution in [2.24, 2.45) is 0 Å². The van der Waals surface area contributed by atoms with E-state index in [-0.39, 0.29) is 37.2 Å². The lowest BCUT2D eigenvalue weighted by atomic mass is 10.1. The monoisotopic (exact) mass is 264 g/mol. The second-order valence-electron chi connectivity index (χ2n) is 2.48. The zero-order chi connectivity index (χ0) is 8.23. The van der Waals surface area contributed by atoms with Crippen molar-refractivity contribution in [3.63, 3.8) is 0 Å². The van der Waals surface area contributed by atoms with Crippen LogP contribution >= 0.6 is 37.2 Å².